The van der Waals surface area contributed by atoms with Gasteiger partial charge in [-0.15, -0.1) is 0 Å². The number of alkyl halides is 3. The summed E-state index contributed by atoms with van der Waals surface area (Å²) in [6.45, 7) is -0.0574. The van der Waals surface area contributed by atoms with Gasteiger partial charge >= 0.3 is 18.1 Å². The summed E-state index contributed by atoms with van der Waals surface area (Å²) in [6, 6.07) is 15.3. The molecule has 3 aromatic carbocycles. The fourth-order valence-electron chi connectivity index (χ4n) is 4.29. The molecule has 0 saturated heterocycles. The summed E-state index contributed by atoms with van der Waals surface area (Å²) < 4.78 is 60.6. The van der Waals surface area contributed by atoms with E-state index in [1.165, 1.54) is 32.4 Å². The van der Waals surface area contributed by atoms with Crippen molar-refractivity contribution in [2.45, 2.75) is 31.7 Å². The smallest absolute Gasteiger partial charge is 0.416 e. The normalized spacial score (nSPS) is 12.0. The van der Waals surface area contributed by atoms with Crippen LogP contribution in [0.25, 0.3) is 10.9 Å². The summed E-state index contributed by atoms with van der Waals surface area (Å²) in [4.78, 5) is 36.6. The second kappa shape index (κ2) is 13.4. The molecule has 0 fully saturated rings. The number of nitrogens with zero attached hydrogens (tertiary/aromatic N) is 1. The van der Waals surface area contributed by atoms with Gasteiger partial charge in [-0.3, -0.25) is 9.59 Å². The van der Waals surface area contributed by atoms with Crippen LogP contribution in [0, 0.1) is 0 Å². The summed E-state index contributed by atoms with van der Waals surface area (Å²) in [7, 11) is 2.48. The first kappa shape index (κ1) is 31.1. The van der Waals surface area contributed by atoms with Gasteiger partial charge in [-0.05, 0) is 66.7 Å². The molecule has 1 unspecified atom stereocenters. The molecule has 4 aromatic rings. The van der Waals surface area contributed by atoms with Crippen LogP contribution >= 0.6 is 0 Å². The van der Waals surface area contributed by atoms with Crippen LogP contribution in [0.15, 0.2) is 72.9 Å². The molecule has 0 spiro atoms. The number of hydrogen-bond acceptors (Lipinski definition) is 8. The maximum absolute atomic E-state index is 13.0. The highest BCUT2D eigenvalue weighted by molar-refractivity contribution is 6.10. The van der Waals surface area contributed by atoms with Gasteiger partial charge in [0.05, 0.1) is 38.3 Å². The fraction of sp³-hybridized carbons (Fsp3) is 0.258. The number of aromatic nitrogens is 1. The van der Waals surface area contributed by atoms with Crippen LogP contribution in [0.1, 0.15) is 39.1 Å². The highest BCUT2D eigenvalue weighted by Gasteiger charge is 2.30. The van der Waals surface area contributed by atoms with E-state index in [9.17, 15) is 32.7 Å². The predicted molar refractivity (Wildman–Crippen MR) is 148 cm³/mol. The van der Waals surface area contributed by atoms with Gasteiger partial charge in [0.15, 0.2) is 5.78 Å². The molecule has 0 radical (unpaired) electrons. The predicted octanol–water partition coefficient (Wildman–Crippen LogP) is 5.81. The van der Waals surface area contributed by atoms with Crippen molar-refractivity contribution in [1.82, 2.24) is 4.57 Å². The van der Waals surface area contributed by atoms with Gasteiger partial charge in [0, 0.05) is 29.1 Å². The number of benzene rings is 3. The van der Waals surface area contributed by atoms with Gasteiger partial charge in [-0.2, -0.15) is 13.2 Å². The van der Waals surface area contributed by atoms with Crippen molar-refractivity contribution in [3.63, 3.8) is 0 Å². The van der Waals surface area contributed by atoms with Gasteiger partial charge in [-0.25, -0.2) is 4.79 Å². The lowest BCUT2D eigenvalue weighted by molar-refractivity contribution is -0.140. The number of esters is 2. The molecule has 43 heavy (non-hydrogen) atoms. The number of carbonyl (C=O) groups excluding carboxylic acids is 3. The van der Waals surface area contributed by atoms with Crippen molar-refractivity contribution in [2.24, 2.45) is 0 Å². The molecule has 1 aromatic heterocycles. The first-order valence-electron chi connectivity index (χ1n) is 13.1. The second-order valence-corrected chi connectivity index (χ2v) is 9.48. The number of halogens is 3. The summed E-state index contributed by atoms with van der Waals surface area (Å²) in [5, 5.41) is 11.2. The number of aliphatic hydroxyl groups excluding tert-OH is 1. The molecular weight excluding hydrogens is 571 g/mol. The Balaban J connectivity index is 1.41. The molecule has 12 heteroatoms. The van der Waals surface area contributed by atoms with Gasteiger partial charge in [0.25, 0.3) is 0 Å². The molecule has 1 heterocycles. The monoisotopic (exact) mass is 599 g/mol. The van der Waals surface area contributed by atoms with E-state index >= 15 is 0 Å². The minimum atomic E-state index is -4.43. The zero-order valence-electron chi connectivity index (χ0n) is 23.2. The SMILES string of the molecule is COC(=O)CCC(=O)c1cn(CC(O)COc2ccc(Oc3ccc(C(F)(F)F)cc3)cc2)c2ccc(C(=O)OC)cc12. The van der Waals surface area contributed by atoms with Crippen molar-refractivity contribution in [1.29, 1.82) is 0 Å². The third kappa shape index (κ3) is 7.92. The third-order valence-electron chi connectivity index (χ3n) is 6.48. The van der Waals surface area contributed by atoms with Crippen LogP contribution in [0.5, 0.6) is 17.2 Å². The zero-order valence-corrected chi connectivity index (χ0v) is 23.2. The lowest BCUT2D eigenvalue weighted by Crippen LogP contribution is -2.23. The molecule has 0 saturated carbocycles. The van der Waals surface area contributed by atoms with E-state index in [1.807, 2.05) is 0 Å². The number of ether oxygens (including phenoxy) is 4. The third-order valence-corrected chi connectivity index (χ3v) is 6.48. The number of ketones is 1. The second-order valence-electron chi connectivity index (χ2n) is 9.48. The number of aliphatic hydroxyl groups is 1. The molecule has 9 nitrogen and oxygen atoms in total. The molecule has 1 atom stereocenters. The van der Waals surface area contributed by atoms with Gasteiger partial charge in [0.2, 0.25) is 0 Å². The van der Waals surface area contributed by atoms with Crippen molar-refractivity contribution in [2.75, 3.05) is 20.8 Å². The Hall–Kier alpha value is -4.84. The largest absolute Gasteiger partial charge is 0.491 e. The van der Waals surface area contributed by atoms with E-state index in [1.54, 1.807) is 47.2 Å². The van der Waals surface area contributed by atoms with E-state index in [4.69, 9.17) is 14.2 Å². The Morgan fingerprint density at radius 3 is 2.09 bits per heavy atom. The van der Waals surface area contributed by atoms with Crippen LogP contribution in [-0.2, 0) is 27.0 Å². The minimum absolute atomic E-state index is 0.0491. The topological polar surface area (TPSA) is 113 Å². The highest BCUT2D eigenvalue weighted by atomic mass is 19.4. The van der Waals surface area contributed by atoms with Crippen molar-refractivity contribution < 1.29 is 51.6 Å². The van der Waals surface area contributed by atoms with E-state index in [0.717, 1.165) is 12.1 Å². The number of rotatable bonds is 12. The maximum Gasteiger partial charge on any atom is 0.416 e. The number of methoxy groups -OCH3 is 2. The molecule has 4 rings (SSSR count). The average molecular weight is 600 g/mol. The molecule has 0 bridgehead atoms. The quantitative estimate of drug-likeness (QED) is 0.160. The van der Waals surface area contributed by atoms with Gasteiger partial charge in [0.1, 0.15) is 30.0 Å². The summed E-state index contributed by atoms with van der Waals surface area (Å²) in [6.07, 6.45) is -4.09. The zero-order chi connectivity index (χ0) is 31.1. The van der Waals surface area contributed by atoms with E-state index in [0.29, 0.717) is 22.4 Å². The fourth-order valence-corrected chi connectivity index (χ4v) is 4.29. The molecule has 0 aliphatic carbocycles. The number of fused-ring (bicyclic) bond motifs is 1. The Morgan fingerprint density at radius 2 is 1.49 bits per heavy atom. The molecule has 226 valence electrons. The van der Waals surface area contributed by atoms with E-state index in [-0.39, 0.29) is 48.7 Å². The van der Waals surface area contributed by atoms with Crippen molar-refractivity contribution in [3.8, 4) is 17.2 Å². The lowest BCUT2D eigenvalue weighted by Gasteiger charge is -2.14. The Labute approximate surface area is 244 Å². The Kier molecular flexibility index (Phi) is 9.71. The van der Waals surface area contributed by atoms with Crippen LogP contribution in [0.3, 0.4) is 0 Å². The molecular formula is C31H28F3NO8. The van der Waals surface area contributed by atoms with Crippen LogP contribution in [-0.4, -0.2) is 54.3 Å². The number of hydrogen-bond donors (Lipinski definition) is 1. The summed E-state index contributed by atoms with van der Waals surface area (Å²) in [5.41, 5.74) is 0.325. The standard InChI is InChI=1S/C31H28F3NO8/c1-40-29(38)14-13-28(37)26-17-35(27-12-3-19(15-25(26)27)30(39)41-2)16-21(36)18-42-22-8-10-24(11-9-22)43-23-6-4-20(5-7-23)31(32,33)34/h3-12,15,17,21,36H,13-14,16,18H2,1-2H3. The number of Topliss-reactive ketones (excluding diaryl/α,β-unsaturated/α-hetero) is 1. The average Bonchev–Trinajstić information content (AvgIpc) is 3.36. The summed E-state index contributed by atoms with van der Waals surface area (Å²) >= 11 is 0. The van der Waals surface area contributed by atoms with Crippen molar-refractivity contribution >= 4 is 28.6 Å². The number of carbonyl (C=O) groups is 3. The highest BCUT2D eigenvalue weighted by Crippen LogP contribution is 2.32. The van der Waals surface area contributed by atoms with Crippen molar-refractivity contribution in [3.05, 3.63) is 89.6 Å². The van der Waals surface area contributed by atoms with Gasteiger partial charge < -0.3 is 28.6 Å². The molecule has 0 aliphatic heterocycles. The minimum Gasteiger partial charge on any atom is -0.491 e. The molecule has 0 aliphatic rings. The summed E-state index contributed by atoms with van der Waals surface area (Å²) in [5.74, 6) is -0.413. The maximum atomic E-state index is 13.0. The Bertz CT molecular complexity index is 1590. The van der Waals surface area contributed by atoms with Crippen LogP contribution < -0.4 is 9.47 Å². The molecule has 0 amide bonds. The Morgan fingerprint density at radius 1 is 0.860 bits per heavy atom. The van der Waals surface area contributed by atoms with E-state index in [2.05, 4.69) is 4.74 Å². The lowest BCUT2D eigenvalue weighted by atomic mass is 10.0. The van der Waals surface area contributed by atoms with Crippen LogP contribution in [0.4, 0.5) is 13.2 Å². The van der Waals surface area contributed by atoms with Gasteiger partial charge in [-0.1, -0.05) is 0 Å². The first-order chi connectivity index (χ1) is 20.5. The van der Waals surface area contributed by atoms with E-state index < -0.39 is 29.8 Å². The molecule has 1 N–H and O–H groups in total. The first-order valence-corrected chi connectivity index (χ1v) is 13.1. The van der Waals surface area contributed by atoms with Crippen LogP contribution in [0.2, 0.25) is 0 Å².